The van der Waals surface area contributed by atoms with Crippen LogP contribution in [0.4, 0.5) is 0 Å². The van der Waals surface area contributed by atoms with Crippen molar-refractivity contribution in [2.24, 2.45) is 5.92 Å². The highest BCUT2D eigenvalue weighted by atomic mass is 16.9. The Morgan fingerprint density at radius 2 is 1.56 bits per heavy atom. The average Bonchev–Trinajstić information content (AvgIpc) is 2.78. The Kier molecular flexibility index (Phi) is 10.0. The Morgan fingerprint density at radius 1 is 1.12 bits per heavy atom. The summed E-state index contributed by atoms with van der Waals surface area (Å²) >= 11 is 0. The lowest BCUT2D eigenvalue weighted by molar-refractivity contribution is -0.742. The largest absolute Gasteiger partial charge is 0.388 e. The maximum absolute atomic E-state index is 9.75. The molecule has 1 heterocycles. The summed E-state index contributed by atoms with van der Waals surface area (Å²) in [5.41, 5.74) is 2.22. The molecular formula is C14H22N2O9. The van der Waals surface area contributed by atoms with E-state index in [1.807, 2.05) is 12.1 Å². The predicted molar refractivity (Wildman–Crippen MR) is 83.3 cm³/mol. The highest BCUT2D eigenvalue weighted by molar-refractivity contribution is 5.26. The quantitative estimate of drug-likeness (QED) is 0.451. The smallest absolute Gasteiger partial charge is 0.291 e. The molecule has 1 aromatic carbocycles. The van der Waals surface area contributed by atoms with E-state index < -0.39 is 28.5 Å². The van der Waals surface area contributed by atoms with Crippen molar-refractivity contribution in [3.8, 4) is 0 Å². The van der Waals surface area contributed by atoms with E-state index in [1.54, 1.807) is 0 Å². The Morgan fingerprint density at radius 3 is 1.88 bits per heavy atom. The van der Waals surface area contributed by atoms with Crippen molar-refractivity contribution >= 4 is 0 Å². The van der Waals surface area contributed by atoms with Crippen LogP contribution < -0.4 is 0 Å². The van der Waals surface area contributed by atoms with Crippen molar-refractivity contribution in [3.05, 3.63) is 55.6 Å². The molecule has 1 aromatic rings. The fourth-order valence-electron chi connectivity index (χ4n) is 2.21. The van der Waals surface area contributed by atoms with Crippen LogP contribution in [0.3, 0.4) is 0 Å². The lowest BCUT2D eigenvalue weighted by Gasteiger charge is -2.15. The fraction of sp³-hybridized carbons (Fsp3) is 0.571. The number of nitrogens with zero attached hydrogens (tertiary/aromatic N) is 2. The molecule has 142 valence electrons. The summed E-state index contributed by atoms with van der Waals surface area (Å²) in [6, 6.07) is 8.08. The number of aliphatic hydroxyl groups is 2. The standard InChI is InChI=1S/C14H20O3.2HNO3/c1-9(2)7-10-3-5-11(6-4-10)14-13(16)12(15)8-17-14;2*2-1(3)4/h3-6,9,12-16H,7-8H2,1-2H3;2*(H,2,3,4). The van der Waals surface area contributed by atoms with Gasteiger partial charge in [-0.15, -0.1) is 20.2 Å². The Bertz CT molecular complexity index is 516. The van der Waals surface area contributed by atoms with Crippen LogP contribution >= 0.6 is 0 Å². The topological polar surface area (TPSA) is 176 Å². The zero-order valence-corrected chi connectivity index (χ0v) is 13.8. The molecule has 11 heteroatoms. The van der Waals surface area contributed by atoms with Gasteiger partial charge in [0.15, 0.2) is 0 Å². The van der Waals surface area contributed by atoms with Gasteiger partial charge in [0, 0.05) is 0 Å². The number of benzene rings is 1. The zero-order valence-electron chi connectivity index (χ0n) is 13.8. The van der Waals surface area contributed by atoms with E-state index in [0.717, 1.165) is 12.0 Å². The zero-order chi connectivity index (χ0) is 19.6. The number of ether oxygens (including phenoxy) is 1. The number of hydrogen-bond donors (Lipinski definition) is 4. The van der Waals surface area contributed by atoms with Gasteiger partial charge >= 0.3 is 0 Å². The molecule has 2 rings (SSSR count). The molecule has 0 aliphatic carbocycles. The summed E-state index contributed by atoms with van der Waals surface area (Å²) in [5, 5.41) is 46.5. The number of hydrogen-bond acceptors (Lipinski definition) is 7. The van der Waals surface area contributed by atoms with E-state index in [2.05, 4.69) is 26.0 Å². The van der Waals surface area contributed by atoms with Crippen LogP contribution in [0.2, 0.25) is 0 Å². The van der Waals surface area contributed by atoms with Gasteiger partial charge in [0.1, 0.15) is 18.3 Å². The molecule has 1 saturated heterocycles. The Hall–Kier alpha value is -2.50. The summed E-state index contributed by atoms with van der Waals surface area (Å²) in [5.74, 6) is 0.635. The van der Waals surface area contributed by atoms with Crippen LogP contribution in [0.15, 0.2) is 24.3 Å². The maximum atomic E-state index is 9.75. The van der Waals surface area contributed by atoms with E-state index in [0.29, 0.717) is 5.92 Å². The molecule has 0 radical (unpaired) electrons. The molecule has 3 atom stereocenters. The van der Waals surface area contributed by atoms with Crippen molar-refractivity contribution in [2.75, 3.05) is 6.61 Å². The lowest BCUT2D eigenvalue weighted by atomic mass is 9.98. The monoisotopic (exact) mass is 362 g/mol. The summed E-state index contributed by atoms with van der Waals surface area (Å²) in [4.78, 5) is 16.7. The first-order valence-electron chi connectivity index (χ1n) is 7.27. The summed E-state index contributed by atoms with van der Waals surface area (Å²) < 4.78 is 5.38. The second-order valence-electron chi connectivity index (χ2n) is 5.63. The molecular weight excluding hydrogens is 340 g/mol. The van der Waals surface area contributed by atoms with Crippen LogP contribution in [0.5, 0.6) is 0 Å². The molecule has 0 bridgehead atoms. The molecule has 4 N–H and O–H groups in total. The van der Waals surface area contributed by atoms with Crippen LogP contribution in [0.25, 0.3) is 0 Å². The molecule has 1 aliphatic heterocycles. The molecule has 0 aromatic heterocycles. The van der Waals surface area contributed by atoms with E-state index in [4.69, 9.17) is 35.4 Å². The highest BCUT2D eigenvalue weighted by Gasteiger charge is 2.35. The average molecular weight is 362 g/mol. The van der Waals surface area contributed by atoms with Crippen LogP contribution in [0.1, 0.15) is 31.1 Å². The van der Waals surface area contributed by atoms with E-state index in [1.165, 1.54) is 5.56 Å². The third-order valence-corrected chi connectivity index (χ3v) is 3.10. The molecule has 1 fully saturated rings. The third kappa shape index (κ3) is 10.1. The summed E-state index contributed by atoms with van der Waals surface area (Å²) in [6.07, 6.45) is -0.920. The van der Waals surface area contributed by atoms with Gasteiger partial charge in [-0.05, 0) is 23.5 Å². The third-order valence-electron chi connectivity index (χ3n) is 3.10. The molecule has 0 saturated carbocycles. The van der Waals surface area contributed by atoms with Crippen molar-refractivity contribution in [1.29, 1.82) is 0 Å². The van der Waals surface area contributed by atoms with E-state index >= 15 is 0 Å². The summed E-state index contributed by atoms with van der Waals surface area (Å²) in [6.45, 7) is 4.59. The van der Waals surface area contributed by atoms with Gasteiger partial charge in [0.25, 0.3) is 10.2 Å². The molecule has 0 spiro atoms. The minimum absolute atomic E-state index is 0.208. The van der Waals surface area contributed by atoms with Gasteiger partial charge in [0.2, 0.25) is 0 Å². The van der Waals surface area contributed by atoms with Crippen LogP contribution in [0, 0.1) is 26.1 Å². The van der Waals surface area contributed by atoms with Gasteiger partial charge < -0.3 is 25.4 Å². The molecule has 0 amide bonds. The maximum Gasteiger partial charge on any atom is 0.291 e. The van der Waals surface area contributed by atoms with Gasteiger partial charge in [-0.1, -0.05) is 38.1 Å². The SMILES string of the molecule is CC(C)Cc1ccc(C2OCC(O)C2O)cc1.O=[N+]([O-])O.O=[N+]([O-])O. The highest BCUT2D eigenvalue weighted by Crippen LogP contribution is 2.29. The van der Waals surface area contributed by atoms with Gasteiger partial charge in [-0.2, -0.15) is 0 Å². The number of aliphatic hydroxyl groups excluding tert-OH is 2. The normalized spacial score (nSPS) is 21.6. The Balaban J connectivity index is 0.000000609. The fourth-order valence-corrected chi connectivity index (χ4v) is 2.21. The predicted octanol–water partition coefficient (Wildman–Crippen LogP) is 0.983. The number of rotatable bonds is 3. The minimum atomic E-state index is -1.50. The first kappa shape index (κ1) is 22.5. The van der Waals surface area contributed by atoms with E-state index in [9.17, 15) is 10.2 Å². The van der Waals surface area contributed by atoms with Gasteiger partial charge in [-0.25, -0.2) is 0 Å². The van der Waals surface area contributed by atoms with Crippen molar-refractivity contribution in [3.63, 3.8) is 0 Å². The Labute approximate surface area is 143 Å². The van der Waals surface area contributed by atoms with Crippen molar-refractivity contribution in [1.82, 2.24) is 0 Å². The first-order chi connectivity index (χ1) is 11.5. The second kappa shape index (κ2) is 11.1. The molecule has 3 unspecified atom stereocenters. The summed E-state index contributed by atoms with van der Waals surface area (Å²) in [7, 11) is 0. The first-order valence-corrected chi connectivity index (χ1v) is 7.27. The minimum Gasteiger partial charge on any atom is -0.388 e. The molecule has 11 nitrogen and oxygen atoms in total. The van der Waals surface area contributed by atoms with Gasteiger partial charge in [0.05, 0.1) is 6.61 Å². The second-order valence-corrected chi connectivity index (χ2v) is 5.63. The van der Waals surface area contributed by atoms with E-state index in [-0.39, 0.29) is 6.61 Å². The van der Waals surface area contributed by atoms with Crippen LogP contribution in [-0.4, -0.2) is 49.6 Å². The van der Waals surface area contributed by atoms with Gasteiger partial charge in [-0.3, -0.25) is 0 Å². The van der Waals surface area contributed by atoms with Crippen molar-refractivity contribution in [2.45, 2.75) is 38.6 Å². The van der Waals surface area contributed by atoms with Crippen LogP contribution in [-0.2, 0) is 11.2 Å². The lowest BCUT2D eigenvalue weighted by Crippen LogP contribution is -2.25. The molecule has 25 heavy (non-hydrogen) atoms. The van der Waals surface area contributed by atoms with Crippen molar-refractivity contribution < 1.29 is 35.5 Å². The molecule has 1 aliphatic rings.